The molecule has 0 fully saturated rings. The minimum Gasteiger partial charge on any atom is -0.497 e. The number of para-hydroxylation sites is 1. The van der Waals surface area contributed by atoms with Crippen LogP contribution in [0.25, 0.3) is 28.7 Å². The zero-order valence-electron chi connectivity index (χ0n) is 15.2. The summed E-state index contributed by atoms with van der Waals surface area (Å²) >= 11 is 5.95. The highest BCUT2D eigenvalue weighted by atomic mass is 35.5. The fourth-order valence-electron chi connectivity index (χ4n) is 2.99. The lowest BCUT2D eigenvalue weighted by Crippen LogP contribution is -2.22. The highest BCUT2D eigenvalue weighted by Gasteiger charge is 2.11. The van der Waals surface area contributed by atoms with Crippen LogP contribution >= 0.6 is 11.6 Å². The number of ether oxygens (including phenoxy) is 1. The second-order valence-electron chi connectivity index (χ2n) is 6.21. The molecule has 0 saturated heterocycles. The minimum atomic E-state index is -0.119. The molecule has 0 aliphatic rings. The van der Waals surface area contributed by atoms with Crippen molar-refractivity contribution in [1.29, 1.82) is 0 Å². The Morgan fingerprint density at radius 2 is 1.64 bits per heavy atom. The van der Waals surface area contributed by atoms with E-state index in [2.05, 4.69) is 0 Å². The molecule has 0 saturated carbocycles. The molecule has 0 aliphatic heterocycles. The quantitative estimate of drug-likeness (QED) is 0.481. The normalized spacial score (nSPS) is 11.2. The Kier molecular flexibility index (Phi) is 4.96. The van der Waals surface area contributed by atoms with Crippen molar-refractivity contribution in [3.8, 4) is 11.4 Å². The Hall–Kier alpha value is -3.37. The van der Waals surface area contributed by atoms with Gasteiger partial charge in [0.05, 0.1) is 23.7 Å². The van der Waals surface area contributed by atoms with Gasteiger partial charge in [0.2, 0.25) is 0 Å². The molecule has 0 spiro atoms. The summed E-state index contributed by atoms with van der Waals surface area (Å²) in [7, 11) is 1.61. The van der Waals surface area contributed by atoms with Crippen LogP contribution in [0.3, 0.4) is 0 Å². The van der Waals surface area contributed by atoms with Crippen molar-refractivity contribution in [1.82, 2.24) is 9.55 Å². The second kappa shape index (κ2) is 7.71. The van der Waals surface area contributed by atoms with Crippen molar-refractivity contribution in [2.75, 3.05) is 7.11 Å². The van der Waals surface area contributed by atoms with Gasteiger partial charge in [-0.2, -0.15) is 0 Å². The zero-order valence-corrected chi connectivity index (χ0v) is 15.9. The van der Waals surface area contributed by atoms with Crippen molar-refractivity contribution >= 4 is 34.7 Å². The maximum atomic E-state index is 13.2. The molecule has 28 heavy (non-hydrogen) atoms. The molecular weight excluding hydrogens is 372 g/mol. The van der Waals surface area contributed by atoms with E-state index < -0.39 is 0 Å². The van der Waals surface area contributed by atoms with Gasteiger partial charge in [0.15, 0.2) is 0 Å². The Morgan fingerprint density at radius 1 is 0.929 bits per heavy atom. The average molecular weight is 389 g/mol. The molecule has 0 radical (unpaired) electrons. The molecule has 1 heterocycles. The van der Waals surface area contributed by atoms with Crippen LogP contribution < -0.4 is 10.3 Å². The predicted molar refractivity (Wildman–Crippen MR) is 114 cm³/mol. The van der Waals surface area contributed by atoms with E-state index in [1.54, 1.807) is 17.7 Å². The third kappa shape index (κ3) is 3.55. The average Bonchev–Trinajstić information content (AvgIpc) is 2.74. The number of rotatable bonds is 4. The van der Waals surface area contributed by atoms with E-state index in [0.717, 1.165) is 17.0 Å². The van der Waals surface area contributed by atoms with Crippen LogP contribution in [0, 0.1) is 0 Å². The SMILES string of the molecule is COc1ccc(-n2c(/C=C\c3ccc(Cl)cc3)nc3ccccc3c2=O)cc1. The number of hydrogen-bond donors (Lipinski definition) is 0. The lowest BCUT2D eigenvalue weighted by atomic mass is 10.2. The first-order valence-electron chi connectivity index (χ1n) is 8.75. The minimum absolute atomic E-state index is 0.119. The van der Waals surface area contributed by atoms with Crippen LogP contribution in [0.4, 0.5) is 0 Å². The first kappa shape index (κ1) is 18.0. The maximum Gasteiger partial charge on any atom is 0.266 e. The van der Waals surface area contributed by atoms with Gasteiger partial charge in [0.1, 0.15) is 11.6 Å². The highest BCUT2D eigenvalue weighted by molar-refractivity contribution is 6.30. The van der Waals surface area contributed by atoms with Crippen LogP contribution in [0.15, 0.2) is 77.6 Å². The fraction of sp³-hybridized carbons (Fsp3) is 0.0435. The second-order valence-corrected chi connectivity index (χ2v) is 6.65. The van der Waals surface area contributed by atoms with Crippen LogP contribution in [-0.4, -0.2) is 16.7 Å². The monoisotopic (exact) mass is 388 g/mol. The van der Waals surface area contributed by atoms with Gasteiger partial charge in [0.25, 0.3) is 5.56 Å². The number of methoxy groups -OCH3 is 1. The summed E-state index contributed by atoms with van der Waals surface area (Å²) in [5.41, 5.74) is 2.23. The van der Waals surface area contributed by atoms with Crippen LogP contribution in [0.1, 0.15) is 11.4 Å². The molecule has 138 valence electrons. The van der Waals surface area contributed by atoms with Gasteiger partial charge >= 0.3 is 0 Å². The first-order chi connectivity index (χ1) is 13.7. The smallest absolute Gasteiger partial charge is 0.266 e. The Labute approximate surface area is 167 Å². The number of aromatic nitrogens is 2. The lowest BCUT2D eigenvalue weighted by Gasteiger charge is -2.12. The number of fused-ring (bicyclic) bond motifs is 1. The first-order valence-corrected chi connectivity index (χ1v) is 9.13. The third-order valence-corrected chi connectivity index (χ3v) is 4.68. The van der Waals surface area contributed by atoms with E-state index >= 15 is 0 Å². The Balaban J connectivity index is 1.89. The largest absolute Gasteiger partial charge is 0.497 e. The van der Waals surface area contributed by atoms with Gasteiger partial charge in [0, 0.05) is 5.02 Å². The van der Waals surface area contributed by atoms with Gasteiger partial charge in [-0.3, -0.25) is 9.36 Å². The summed E-state index contributed by atoms with van der Waals surface area (Å²) < 4.78 is 6.83. The highest BCUT2D eigenvalue weighted by Crippen LogP contribution is 2.18. The number of nitrogens with zero attached hydrogens (tertiary/aromatic N) is 2. The molecule has 5 heteroatoms. The lowest BCUT2D eigenvalue weighted by molar-refractivity contribution is 0.414. The summed E-state index contributed by atoms with van der Waals surface area (Å²) in [6, 6.07) is 22.2. The third-order valence-electron chi connectivity index (χ3n) is 4.43. The summed E-state index contributed by atoms with van der Waals surface area (Å²) in [5, 5.41) is 1.25. The van der Waals surface area contributed by atoms with E-state index in [0.29, 0.717) is 21.7 Å². The van der Waals surface area contributed by atoms with Crippen molar-refractivity contribution in [3.63, 3.8) is 0 Å². The van der Waals surface area contributed by atoms with Crippen LogP contribution in [-0.2, 0) is 0 Å². The Morgan fingerprint density at radius 3 is 2.36 bits per heavy atom. The van der Waals surface area contributed by atoms with Gasteiger partial charge in [-0.15, -0.1) is 0 Å². The number of hydrogen-bond acceptors (Lipinski definition) is 3. The molecule has 0 amide bonds. The molecule has 0 bridgehead atoms. The molecule has 4 rings (SSSR count). The molecule has 4 aromatic rings. The van der Waals surface area contributed by atoms with Crippen molar-refractivity contribution in [2.45, 2.75) is 0 Å². The summed E-state index contributed by atoms with van der Waals surface area (Å²) in [4.78, 5) is 17.9. The van der Waals surface area contributed by atoms with Gasteiger partial charge < -0.3 is 4.74 Å². The molecule has 0 unspecified atom stereocenters. The van der Waals surface area contributed by atoms with Gasteiger partial charge in [-0.25, -0.2) is 4.98 Å². The molecule has 0 N–H and O–H groups in total. The summed E-state index contributed by atoms with van der Waals surface area (Å²) in [5.74, 6) is 1.27. The molecule has 0 aliphatic carbocycles. The van der Waals surface area contributed by atoms with E-state index in [1.165, 1.54) is 0 Å². The fourth-order valence-corrected chi connectivity index (χ4v) is 3.11. The Bertz CT molecular complexity index is 1210. The molecular formula is C23H17ClN2O2. The van der Waals surface area contributed by atoms with Crippen LogP contribution in [0.5, 0.6) is 5.75 Å². The predicted octanol–water partition coefficient (Wildman–Crippen LogP) is 5.22. The maximum absolute atomic E-state index is 13.2. The van der Waals surface area contributed by atoms with E-state index in [4.69, 9.17) is 21.3 Å². The number of benzene rings is 3. The summed E-state index contributed by atoms with van der Waals surface area (Å²) in [6.45, 7) is 0. The number of halogens is 1. The van der Waals surface area contributed by atoms with Crippen LogP contribution in [0.2, 0.25) is 5.02 Å². The van der Waals surface area contributed by atoms with E-state index in [1.807, 2.05) is 78.9 Å². The van der Waals surface area contributed by atoms with Crippen molar-refractivity contribution in [3.05, 3.63) is 99.6 Å². The van der Waals surface area contributed by atoms with E-state index in [9.17, 15) is 4.79 Å². The van der Waals surface area contributed by atoms with Gasteiger partial charge in [-0.1, -0.05) is 41.9 Å². The standard InChI is InChI=1S/C23H17ClN2O2/c1-28-19-13-11-18(12-14-19)26-22(15-8-16-6-9-17(24)10-7-16)25-21-5-3-2-4-20(21)23(26)27/h2-15H,1H3/b15-8-. The molecule has 0 atom stereocenters. The van der Waals surface area contributed by atoms with Gasteiger partial charge in [-0.05, 0) is 60.2 Å². The van der Waals surface area contributed by atoms with Crippen molar-refractivity contribution in [2.24, 2.45) is 0 Å². The molecule has 3 aromatic carbocycles. The zero-order chi connectivity index (χ0) is 19.5. The molecule has 4 nitrogen and oxygen atoms in total. The molecule has 1 aromatic heterocycles. The summed E-state index contributed by atoms with van der Waals surface area (Å²) in [6.07, 6.45) is 3.74. The van der Waals surface area contributed by atoms with Crippen molar-refractivity contribution < 1.29 is 4.74 Å². The topological polar surface area (TPSA) is 44.1 Å². The van der Waals surface area contributed by atoms with E-state index in [-0.39, 0.29) is 5.56 Å².